The summed E-state index contributed by atoms with van der Waals surface area (Å²) in [6, 6.07) is 23.3. The number of nitrogens with zero attached hydrogens (tertiary/aromatic N) is 1. The van der Waals surface area contributed by atoms with Gasteiger partial charge in [0.05, 0.1) is 17.3 Å². The Bertz CT molecular complexity index is 950. The van der Waals surface area contributed by atoms with Gasteiger partial charge in [0.1, 0.15) is 0 Å². The molecule has 130 valence electrons. The van der Waals surface area contributed by atoms with E-state index in [0.717, 1.165) is 22.1 Å². The second kappa shape index (κ2) is 6.88. The van der Waals surface area contributed by atoms with Gasteiger partial charge in [-0.15, -0.1) is 0 Å². The topological polar surface area (TPSA) is 61.4 Å². The lowest BCUT2D eigenvalue weighted by molar-refractivity contribution is -0.125. The van der Waals surface area contributed by atoms with Crippen molar-refractivity contribution in [3.63, 3.8) is 0 Å². The van der Waals surface area contributed by atoms with Crippen LogP contribution in [0, 0.1) is 5.92 Å². The first-order chi connectivity index (χ1) is 12.7. The molecule has 2 N–H and O–H groups in total. The maximum atomic E-state index is 12.5. The number of hydrogen-bond donors (Lipinski definition) is 2. The lowest BCUT2D eigenvalue weighted by atomic mass is 10.1. The van der Waals surface area contributed by atoms with Gasteiger partial charge in [-0.2, -0.15) is 0 Å². The number of rotatable bonds is 4. The molecule has 1 atom stereocenters. The maximum absolute atomic E-state index is 12.5. The monoisotopic (exact) mass is 345 g/mol. The van der Waals surface area contributed by atoms with E-state index in [2.05, 4.69) is 10.9 Å². The first kappa shape index (κ1) is 16.1. The van der Waals surface area contributed by atoms with Gasteiger partial charge in [0.15, 0.2) is 0 Å². The molecule has 5 nitrogen and oxygen atoms in total. The SMILES string of the molecule is O=C(NNc1ccccc1)C1CC(=O)N(c2cccc3ccccc23)C1. The number of carbonyl (C=O) groups is 2. The molecule has 1 heterocycles. The molecule has 0 saturated carbocycles. The minimum atomic E-state index is -0.377. The molecule has 1 aliphatic heterocycles. The Morgan fingerprint density at radius 1 is 0.923 bits per heavy atom. The van der Waals surface area contributed by atoms with Crippen molar-refractivity contribution in [1.82, 2.24) is 5.43 Å². The molecule has 1 saturated heterocycles. The van der Waals surface area contributed by atoms with Crippen LogP contribution < -0.4 is 15.8 Å². The summed E-state index contributed by atoms with van der Waals surface area (Å²) < 4.78 is 0. The fourth-order valence-corrected chi connectivity index (χ4v) is 3.32. The highest BCUT2D eigenvalue weighted by molar-refractivity contribution is 6.07. The van der Waals surface area contributed by atoms with Crippen molar-refractivity contribution in [2.75, 3.05) is 16.9 Å². The van der Waals surface area contributed by atoms with Crippen molar-refractivity contribution in [1.29, 1.82) is 0 Å². The molecule has 1 fully saturated rings. The Labute approximate surface area is 151 Å². The lowest BCUT2D eigenvalue weighted by Gasteiger charge is -2.19. The molecule has 2 amide bonds. The molecule has 0 radical (unpaired) electrons. The van der Waals surface area contributed by atoms with Gasteiger partial charge in [0.25, 0.3) is 0 Å². The van der Waals surface area contributed by atoms with Crippen molar-refractivity contribution in [2.24, 2.45) is 5.92 Å². The molecule has 1 aliphatic rings. The summed E-state index contributed by atoms with van der Waals surface area (Å²) in [5.74, 6) is -0.580. The molecule has 0 aliphatic carbocycles. The third-order valence-electron chi connectivity index (χ3n) is 4.66. The number of carbonyl (C=O) groups excluding carboxylic acids is 2. The average molecular weight is 345 g/mol. The van der Waals surface area contributed by atoms with Crippen LogP contribution in [0.1, 0.15) is 6.42 Å². The minimum absolute atomic E-state index is 0.0267. The molecule has 26 heavy (non-hydrogen) atoms. The van der Waals surface area contributed by atoms with Crippen molar-refractivity contribution >= 4 is 34.0 Å². The molecule has 3 aromatic carbocycles. The highest BCUT2D eigenvalue weighted by Crippen LogP contribution is 2.31. The zero-order valence-corrected chi connectivity index (χ0v) is 14.2. The lowest BCUT2D eigenvalue weighted by Crippen LogP contribution is -2.36. The van der Waals surface area contributed by atoms with Crippen LogP contribution >= 0.6 is 0 Å². The Morgan fingerprint density at radius 2 is 1.65 bits per heavy atom. The van der Waals surface area contributed by atoms with Crippen LogP contribution in [0.3, 0.4) is 0 Å². The zero-order valence-electron chi connectivity index (χ0n) is 14.2. The van der Waals surface area contributed by atoms with Crippen molar-refractivity contribution < 1.29 is 9.59 Å². The Balaban J connectivity index is 1.49. The largest absolute Gasteiger partial charge is 0.311 e. The number of para-hydroxylation sites is 1. The number of hydrogen-bond acceptors (Lipinski definition) is 3. The molecular formula is C21H19N3O2. The zero-order chi connectivity index (χ0) is 17.9. The number of amides is 2. The van der Waals surface area contributed by atoms with Gasteiger partial charge in [0.2, 0.25) is 11.8 Å². The summed E-state index contributed by atoms with van der Waals surface area (Å²) in [7, 11) is 0. The molecule has 0 bridgehead atoms. The molecule has 3 aromatic rings. The number of anilines is 2. The minimum Gasteiger partial charge on any atom is -0.311 e. The maximum Gasteiger partial charge on any atom is 0.243 e. The highest BCUT2D eigenvalue weighted by atomic mass is 16.2. The van der Waals surface area contributed by atoms with Crippen LogP contribution in [-0.2, 0) is 9.59 Å². The third-order valence-corrected chi connectivity index (χ3v) is 4.66. The fraction of sp³-hybridized carbons (Fsp3) is 0.143. The van der Waals surface area contributed by atoms with Gasteiger partial charge < -0.3 is 4.90 Å². The average Bonchev–Trinajstić information content (AvgIpc) is 3.08. The summed E-state index contributed by atoms with van der Waals surface area (Å²) in [6.07, 6.45) is 0.214. The summed E-state index contributed by atoms with van der Waals surface area (Å²) in [5, 5.41) is 2.10. The standard InChI is InChI=1S/C21H19N3O2/c25-20-13-16(21(26)23-22-17-9-2-1-3-10-17)14-24(20)19-12-6-8-15-7-4-5-11-18(15)19/h1-12,16,22H,13-14H2,(H,23,26). The van der Waals surface area contributed by atoms with E-state index in [-0.39, 0.29) is 24.2 Å². The fourth-order valence-electron chi connectivity index (χ4n) is 3.32. The summed E-state index contributed by atoms with van der Waals surface area (Å²) in [5.41, 5.74) is 7.26. The van der Waals surface area contributed by atoms with Crippen LogP contribution in [0.5, 0.6) is 0 Å². The summed E-state index contributed by atoms with van der Waals surface area (Å²) in [6.45, 7) is 0.384. The number of benzene rings is 3. The molecule has 4 rings (SSSR count). The Kier molecular flexibility index (Phi) is 4.27. The summed E-state index contributed by atoms with van der Waals surface area (Å²) >= 11 is 0. The van der Waals surface area contributed by atoms with Gasteiger partial charge in [-0.3, -0.25) is 20.4 Å². The predicted octanol–water partition coefficient (Wildman–Crippen LogP) is 3.34. The summed E-state index contributed by atoms with van der Waals surface area (Å²) in [4.78, 5) is 26.7. The van der Waals surface area contributed by atoms with Crippen LogP contribution in [0.15, 0.2) is 72.8 Å². The van der Waals surface area contributed by atoms with Crippen molar-refractivity contribution in [2.45, 2.75) is 6.42 Å². The normalized spacial score (nSPS) is 16.7. The highest BCUT2D eigenvalue weighted by Gasteiger charge is 2.35. The molecule has 0 spiro atoms. The van der Waals surface area contributed by atoms with Gasteiger partial charge >= 0.3 is 0 Å². The predicted molar refractivity (Wildman–Crippen MR) is 103 cm³/mol. The molecule has 0 aromatic heterocycles. The van der Waals surface area contributed by atoms with Crippen molar-refractivity contribution in [3.8, 4) is 0 Å². The molecular weight excluding hydrogens is 326 g/mol. The van der Waals surface area contributed by atoms with E-state index in [9.17, 15) is 9.59 Å². The number of fused-ring (bicyclic) bond motifs is 1. The second-order valence-corrected chi connectivity index (χ2v) is 6.38. The quantitative estimate of drug-likeness (QED) is 0.713. The van der Waals surface area contributed by atoms with E-state index in [1.165, 1.54) is 0 Å². The smallest absolute Gasteiger partial charge is 0.243 e. The van der Waals surface area contributed by atoms with E-state index < -0.39 is 0 Å². The van der Waals surface area contributed by atoms with Crippen LogP contribution in [0.4, 0.5) is 11.4 Å². The van der Waals surface area contributed by atoms with Crippen LogP contribution in [-0.4, -0.2) is 18.4 Å². The first-order valence-corrected chi connectivity index (χ1v) is 8.61. The number of nitrogens with one attached hydrogen (secondary N) is 2. The number of hydrazine groups is 1. The van der Waals surface area contributed by atoms with Crippen molar-refractivity contribution in [3.05, 3.63) is 72.8 Å². The van der Waals surface area contributed by atoms with Crippen LogP contribution in [0.25, 0.3) is 10.8 Å². The second-order valence-electron chi connectivity index (χ2n) is 6.38. The van der Waals surface area contributed by atoms with Gasteiger partial charge in [-0.25, -0.2) is 0 Å². The van der Waals surface area contributed by atoms with Gasteiger partial charge in [0, 0.05) is 18.4 Å². The van der Waals surface area contributed by atoms with Gasteiger partial charge in [-0.1, -0.05) is 54.6 Å². The van der Waals surface area contributed by atoms with Gasteiger partial charge in [-0.05, 0) is 23.6 Å². The Hall–Kier alpha value is -3.34. The molecule has 1 unspecified atom stereocenters. The van der Waals surface area contributed by atoms with E-state index in [1.807, 2.05) is 72.8 Å². The van der Waals surface area contributed by atoms with E-state index >= 15 is 0 Å². The first-order valence-electron chi connectivity index (χ1n) is 8.61. The third kappa shape index (κ3) is 3.11. The van der Waals surface area contributed by atoms with Crippen LogP contribution in [0.2, 0.25) is 0 Å². The van der Waals surface area contributed by atoms with E-state index in [4.69, 9.17) is 0 Å². The molecule has 5 heteroatoms. The van der Waals surface area contributed by atoms with E-state index in [1.54, 1.807) is 4.90 Å². The van der Waals surface area contributed by atoms with E-state index in [0.29, 0.717) is 6.54 Å². The Morgan fingerprint density at radius 3 is 2.50 bits per heavy atom.